The molecule has 2 nitrogen and oxygen atoms in total. The molecule has 0 saturated heterocycles. The first-order valence-corrected chi connectivity index (χ1v) is 8.35. The number of carbonyl (C=O) groups excluding carboxylic acids is 1. The lowest BCUT2D eigenvalue weighted by atomic mass is 9.97. The van der Waals surface area contributed by atoms with Crippen molar-refractivity contribution in [2.24, 2.45) is 0 Å². The molecule has 0 saturated carbocycles. The minimum absolute atomic E-state index is 0.0845. The van der Waals surface area contributed by atoms with Crippen LogP contribution < -0.4 is 0 Å². The third-order valence-electron chi connectivity index (χ3n) is 4.74. The van der Waals surface area contributed by atoms with Crippen molar-refractivity contribution in [1.82, 2.24) is 4.57 Å². The molecule has 0 aliphatic carbocycles. The topological polar surface area (TPSA) is 22.0 Å². The van der Waals surface area contributed by atoms with Crippen LogP contribution in [0.2, 0.25) is 0 Å². The quantitative estimate of drug-likeness (QED) is 0.494. The number of hydrogen-bond donors (Lipinski definition) is 0. The predicted octanol–water partition coefficient (Wildman–Crippen LogP) is 5.25. The van der Waals surface area contributed by atoms with Gasteiger partial charge in [0.2, 0.25) is 5.78 Å². The number of benzene rings is 3. The van der Waals surface area contributed by atoms with Gasteiger partial charge in [-0.3, -0.25) is 4.79 Å². The highest BCUT2D eigenvalue weighted by Crippen LogP contribution is 2.40. The van der Waals surface area contributed by atoms with Crippen molar-refractivity contribution in [3.63, 3.8) is 0 Å². The SMILES string of the molecule is O=C1C(c2ccccc2)=C(c2ccccc2)n2c1cc1ccccc12. The molecule has 25 heavy (non-hydrogen) atoms. The van der Waals surface area contributed by atoms with E-state index >= 15 is 0 Å². The summed E-state index contributed by atoms with van der Waals surface area (Å²) < 4.78 is 2.11. The monoisotopic (exact) mass is 321 g/mol. The van der Waals surface area contributed by atoms with Crippen molar-refractivity contribution < 1.29 is 4.79 Å². The van der Waals surface area contributed by atoms with Crippen LogP contribution in [-0.2, 0) is 0 Å². The number of allylic oxidation sites excluding steroid dienone is 1. The fourth-order valence-electron chi connectivity index (χ4n) is 3.65. The van der Waals surface area contributed by atoms with Crippen molar-refractivity contribution >= 4 is 28.0 Å². The van der Waals surface area contributed by atoms with Gasteiger partial charge in [0.1, 0.15) is 0 Å². The Morgan fingerprint density at radius 3 is 1.96 bits per heavy atom. The zero-order valence-corrected chi connectivity index (χ0v) is 13.5. The molecule has 0 bridgehead atoms. The average molecular weight is 321 g/mol. The highest BCUT2D eigenvalue weighted by atomic mass is 16.1. The summed E-state index contributed by atoms with van der Waals surface area (Å²) in [6, 6.07) is 30.2. The van der Waals surface area contributed by atoms with Gasteiger partial charge >= 0.3 is 0 Å². The molecule has 0 amide bonds. The van der Waals surface area contributed by atoms with E-state index in [1.54, 1.807) is 0 Å². The van der Waals surface area contributed by atoms with E-state index in [0.717, 1.165) is 39.0 Å². The number of fused-ring (bicyclic) bond motifs is 3. The minimum Gasteiger partial charge on any atom is -0.305 e. The molecule has 3 aromatic carbocycles. The Labute approximate surface area is 145 Å². The third-order valence-corrected chi connectivity index (χ3v) is 4.74. The summed E-state index contributed by atoms with van der Waals surface area (Å²) in [4.78, 5) is 13.3. The van der Waals surface area contributed by atoms with E-state index in [1.165, 1.54) is 0 Å². The molecule has 2 heterocycles. The van der Waals surface area contributed by atoms with Crippen molar-refractivity contribution in [1.29, 1.82) is 0 Å². The summed E-state index contributed by atoms with van der Waals surface area (Å²) in [5.74, 6) is 0.0845. The number of aromatic nitrogens is 1. The Morgan fingerprint density at radius 1 is 0.640 bits per heavy atom. The molecular weight excluding hydrogens is 306 g/mol. The van der Waals surface area contributed by atoms with Crippen LogP contribution in [0.3, 0.4) is 0 Å². The first kappa shape index (κ1) is 14.0. The van der Waals surface area contributed by atoms with E-state index in [9.17, 15) is 4.79 Å². The maximum atomic E-state index is 13.3. The van der Waals surface area contributed by atoms with Gasteiger partial charge in [-0.1, -0.05) is 78.9 Å². The second kappa shape index (κ2) is 5.32. The Balaban J connectivity index is 1.90. The first-order valence-electron chi connectivity index (χ1n) is 8.35. The molecule has 1 aromatic heterocycles. The van der Waals surface area contributed by atoms with Gasteiger partial charge < -0.3 is 4.57 Å². The van der Waals surface area contributed by atoms with Crippen molar-refractivity contribution in [2.75, 3.05) is 0 Å². The Kier molecular flexibility index (Phi) is 2.98. The van der Waals surface area contributed by atoms with Gasteiger partial charge in [-0.25, -0.2) is 0 Å². The minimum atomic E-state index is 0.0845. The normalized spacial score (nSPS) is 13.5. The van der Waals surface area contributed by atoms with Crippen LogP contribution in [0.1, 0.15) is 21.6 Å². The van der Waals surface area contributed by atoms with Crippen LogP contribution in [0, 0.1) is 0 Å². The summed E-state index contributed by atoms with van der Waals surface area (Å²) in [7, 11) is 0. The molecule has 0 radical (unpaired) electrons. The number of ketones is 1. The smallest absolute Gasteiger partial charge is 0.212 e. The van der Waals surface area contributed by atoms with Crippen molar-refractivity contribution in [3.8, 4) is 0 Å². The highest BCUT2D eigenvalue weighted by molar-refractivity contribution is 6.38. The van der Waals surface area contributed by atoms with Gasteiger partial charge in [0.25, 0.3) is 0 Å². The molecule has 0 N–H and O–H groups in total. The van der Waals surface area contributed by atoms with Gasteiger partial charge in [-0.2, -0.15) is 0 Å². The lowest BCUT2D eigenvalue weighted by Crippen LogP contribution is -1.97. The standard InChI is InChI=1S/C23H15NO/c25-23-20-15-18-13-7-8-14-19(18)24(20)22(17-11-5-2-6-12-17)21(23)16-9-3-1-4-10-16/h1-15H. The summed E-state index contributed by atoms with van der Waals surface area (Å²) in [6.07, 6.45) is 0. The fourth-order valence-corrected chi connectivity index (χ4v) is 3.65. The van der Waals surface area contributed by atoms with Crippen LogP contribution in [0.15, 0.2) is 91.0 Å². The number of carbonyl (C=O) groups is 1. The molecule has 4 aromatic rings. The van der Waals surface area contributed by atoms with Gasteiger partial charge in [0.15, 0.2) is 0 Å². The van der Waals surface area contributed by atoms with Crippen molar-refractivity contribution in [3.05, 3.63) is 108 Å². The van der Waals surface area contributed by atoms with E-state index in [-0.39, 0.29) is 5.78 Å². The largest absolute Gasteiger partial charge is 0.305 e. The molecule has 118 valence electrons. The summed E-state index contributed by atoms with van der Waals surface area (Å²) in [5, 5.41) is 1.09. The average Bonchev–Trinajstić information content (AvgIpc) is 3.18. The molecule has 0 atom stereocenters. The second-order valence-corrected chi connectivity index (χ2v) is 6.21. The van der Waals surface area contributed by atoms with Gasteiger partial charge in [-0.05, 0) is 23.3 Å². The van der Waals surface area contributed by atoms with Crippen LogP contribution in [0.25, 0.3) is 22.2 Å². The fraction of sp³-hybridized carbons (Fsp3) is 0. The molecule has 1 aliphatic heterocycles. The number of hydrogen-bond acceptors (Lipinski definition) is 1. The molecule has 1 aliphatic rings. The maximum Gasteiger partial charge on any atom is 0.212 e. The van der Waals surface area contributed by atoms with Crippen molar-refractivity contribution in [2.45, 2.75) is 0 Å². The Morgan fingerprint density at radius 2 is 1.24 bits per heavy atom. The summed E-state index contributed by atoms with van der Waals surface area (Å²) in [5.41, 5.74) is 5.55. The lowest BCUT2D eigenvalue weighted by Gasteiger charge is -2.11. The number of rotatable bonds is 2. The predicted molar refractivity (Wildman–Crippen MR) is 101 cm³/mol. The van der Waals surface area contributed by atoms with Crippen LogP contribution in [0.5, 0.6) is 0 Å². The van der Waals surface area contributed by atoms with E-state index in [4.69, 9.17) is 0 Å². The van der Waals surface area contributed by atoms with Crippen LogP contribution in [0.4, 0.5) is 0 Å². The summed E-state index contributed by atoms with van der Waals surface area (Å²) in [6.45, 7) is 0. The summed E-state index contributed by atoms with van der Waals surface area (Å²) >= 11 is 0. The van der Waals surface area contributed by atoms with E-state index in [2.05, 4.69) is 28.8 Å². The Bertz CT molecular complexity index is 1130. The zero-order valence-electron chi connectivity index (χ0n) is 13.5. The molecular formula is C23H15NO. The third kappa shape index (κ3) is 2.01. The molecule has 5 rings (SSSR count). The first-order chi connectivity index (χ1) is 12.3. The molecule has 2 heteroatoms. The van der Waals surface area contributed by atoms with E-state index in [1.807, 2.05) is 66.7 Å². The number of Topliss-reactive ketones (excluding diaryl/α,β-unsaturated/α-hetero) is 1. The van der Waals surface area contributed by atoms with Gasteiger partial charge in [0, 0.05) is 5.39 Å². The van der Waals surface area contributed by atoms with Gasteiger partial charge in [-0.15, -0.1) is 0 Å². The number of para-hydroxylation sites is 1. The Hall–Kier alpha value is -3.39. The maximum absolute atomic E-state index is 13.3. The van der Waals surface area contributed by atoms with E-state index in [0.29, 0.717) is 0 Å². The molecule has 0 unspecified atom stereocenters. The zero-order chi connectivity index (χ0) is 16.8. The second-order valence-electron chi connectivity index (χ2n) is 6.21. The van der Waals surface area contributed by atoms with Crippen LogP contribution >= 0.6 is 0 Å². The van der Waals surface area contributed by atoms with Crippen LogP contribution in [-0.4, -0.2) is 10.4 Å². The highest BCUT2D eigenvalue weighted by Gasteiger charge is 2.32. The van der Waals surface area contributed by atoms with E-state index < -0.39 is 0 Å². The molecule has 0 spiro atoms. The molecule has 0 fully saturated rings. The van der Waals surface area contributed by atoms with Gasteiger partial charge in [0.05, 0.1) is 22.5 Å². The lowest BCUT2D eigenvalue weighted by molar-refractivity contribution is 0.105. The number of nitrogens with zero attached hydrogens (tertiary/aromatic N) is 1.